The Labute approximate surface area is 202 Å². The van der Waals surface area contributed by atoms with E-state index in [4.69, 9.17) is 25.2 Å². The van der Waals surface area contributed by atoms with Gasteiger partial charge in [-0.2, -0.15) is 0 Å². The first kappa shape index (κ1) is 22.2. The van der Waals surface area contributed by atoms with Crippen LogP contribution in [0, 0.1) is 0 Å². The average molecular weight is 468 g/mol. The van der Waals surface area contributed by atoms with Crippen LogP contribution in [-0.4, -0.2) is 41.2 Å². The maximum Gasteiger partial charge on any atom is 0.257 e. The number of hydrogen-bond donors (Lipinski definition) is 2. The number of nitrogens with one attached hydrogen (secondary N) is 1. The molecule has 0 saturated heterocycles. The summed E-state index contributed by atoms with van der Waals surface area (Å²) in [6, 6.07) is 22.7. The minimum Gasteiger partial charge on any atom is -0.497 e. The van der Waals surface area contributed by atoms with Crippen molar-refractivity contribution in [3.05, 3.63) is 83.9 Å². The number of methoxy groups -OCH3 is 2. The van der Waals surface area contributed by atoms with Crippen LogP contribution in [-0.2, 0) is 6.42 Å². The van der Waals surface area contributed by atoms with Crippen molar-refractivity contribution < 1.29 is 14.3 Å². The van der Waals surface area contributed by atoms with E-state index in [-0.39, 0.29) is 11.7 Å². The molecule has 3 N–H and O–H groups in total. The van der Waals surface area contributed by atoms with Crippen LogP contribution >= 0.6 is 0 Å². The largest absolute Gasteiger partial charge is 0.497 e. The number of aromatic nitrogens is 3. The van der Waals surface area contributed by atoms with E-state index in [0.29, 0.717) is 35.2 Å². The minimum atomic E-state index is -0.306. The molecule has 2 heterocycles. The first-order valence-corrected chi connectivity index (χ1v) is 11.2. The molecule has 8 heteroatoms. The number of rotatable bonds is 7. The number of para-hydroxylation sites is 3. The maximum atomic E-state index is 13.4. The lowest BCUT2D eigenvalue weighted by Crippen LogP contribution is -2.26. The molecule has 8 nitrogen and oxygen atoms in total. The summed E-state index contributed by atoms with van der Waals surface area (Å²) in [4.78, 5) is 22.9. The summed E-state index contributed by atoms with van der Waals surface area (Å²) >= 11 is 0. The van der Waals surface area contributed by atoms with Crippen LogP contribution in [0.4, 0.5) is 5.82 Å². The SMILES string of the molecule is COc1ccc(-n2c(N)c(C(=O)NCCc3ccccc3OC)c3nc4ccccc4nc32)cc1. The molecule has 0 aliphatic heterocycles. The number of benzene rings is 3. The summed E-state index contributed by atoms with van der Waals surface area (Å²) in [6.45, 7) is 0.412. The van der Waals surface area contributed by atoms with Crippen LogP contribution in [0.5, 0.6) is 11.5 Å². The van der Waals surface area contributed by atoms with Crippen LogP contribution in [0.2, 0.25) is 0 Å². The first-order chi connectivity index (χ1) is 17.1. The van der Waals surface area contributed by atoms with Gasteiger partial charge in [0.25, 0.3) is 5.91 Å². The number of anilines is 1. The van der Waals surface area contributed by atoms with Crippen molar-refractivity contribution in [2.24, 2.45) is 0 Å². The predicted octanol–water partition coefficient (Wildman–Crippen LogP) is 4.15. The van der Waals surface area contributed by atoms with Gasteiger partial charge in [0.1, 0.15) is 28.4 Å². The second-order valence-electron chi connectivity index (χ2n) is 8.00. The number of amides is 1. The van der Waals surface area contributed by atoms with Gasteiger partial charge in [-0.25, -0.2) is 9.97 Å². The van der Waals surface area contributed by atoms with E-state index in [1.807, 2.05) is 72.8 Å². The number of nitrogen functional groups attached to an aromatic ring is 1. The smallest absolute Gasteiger partial charge is 0.257 e. The van der Waals surface area contributed by atoms with Crippen LogP contribution in [0.3, 0.4) is 0 Å². The molecular weight excluding hydrogens is 442 g/mol. The van der Waals surface area contributed by atoms with Crippen molar-refractivity contribution in [2.75, 3.05) is 26.5 Å². The van der Waals surface area contributed by atoms with Crippen LogP contribution < -0.4 is 20.5 Å². The number of carbonyl (C=O) groups is 1. The van der Waals surface area contributed by atoms with Gasteiger partial charge in [0.2, 0.25) is 0 Å². The van der Waals surface area contributed by atoms with Gasteiger partial charge in [0, 0.05) is 12.2 Å². The van der Waals surface area contributed by atoms with E-state index in [9.17, 15) is 4.79 Å². The average Bonchev–Trinajstić information content (AvgIpc) is 3.18. The molecule has 176 valence electrons. The highest BCUT2D eigenvalue weighted by molar-refractivity contribution is 6.11. The number of fused-ring (bicyclic) bond motifs is 2. The lowest BCUT2D eigenvalue weighted by atomic mass is 10.1. The summed E-state index contributed by atoms with van der Waals surface area (Å²) in [6.07, 6.45) is 0.612. The van der Waals surface area contributed by atoms with Crippen molar-refractivity contribution >= 4 is 33.9 Å². The fraction of sp³-hybridized carbons (Fsp3) is 0.148. The molecule has 1 amide bonds. The van der Waals surface area contributed by atoms with Gasteiger partial charge in [-0.1, -0.05) is 30.3 Å². The highest BCUT2D eigenvalue weighted by atomic mass is 16.5. The third-order valence-corrected chi connectivity index (χ3v) is 5.93. The molecule has 0 saturated carbocycles. The Bertz CT molecular complexity index is 1530. The van der Waals surface area contributed by atoms with Gasteiger partial charge in [-0.3, -0.25) is 9.36 Å². The van der Waals surface area contributed by atoms with Gasteiger partial charge in [-0.05, 0) is 54.4 Å². The molecule has 0 radical (unpaired) electrons. The number of hydrogen-bond acceptors (Lipinski definition) is 6. The monoisotopic (exact) mass is 467 g/mol. The molecule has 3 aromatic carbocycles. The molecule has 0 aliphatic rings. The maximum absolute atomic E-state index is 13.4. The summed E-state index contributed by atoms with van der Waals surface area (Å²) < 4.78 is 12.4. The van der Waals surface area contributed by atoms with Gasteiger partial charge in [-0.15, -0.1) is 0 Å². The second-order valence-corrected chi connectivity index (χ2v) is 8.00. The lowest BCUT2D eigenvalue weighted by molar-refractivity contribution is 0.0956. The Hall–Kier alpha value is -4.59. The molecule has 2 aromatic heterocycles. The Morgan fingerprint density at radius 1 is 0.914 bits per heavy atom. The molecule has 0 spiro atoms. The van der Waals surface area contributed by atoms with E-state index >= 15 is 0 Å². The predicted molar refractivity (Wildman–Crippen MR) is 136 cm³/mol. The van der Waals surface area contributed by atoms with Gasteiger partial charge < -0.3 is 20.5 Å². The quantitative estimate of drug-likeness (QED) is 0.373. The highest BCUT2D eigenvalue weighted by Crippen LogP contribution is 2.31. The van der Waals surface area contributed by atoms with Crippen molar-refractivity contribution in [3.63, 3.8) is 0 Å². The number of nitrogens with zero attached hydrogens (tertiary/aromatic N) is 3. The standard InChI is InChI=1S/C27H25N5O3/c1-34-19-13-11-18(12-14-19)32-25(28)23(24-26(32)31-21-9-5-4-8-20(21)30-24)27(33)29-16-15-17-7-3-6-10-22(17)35-2/h3-14H,15-16,28H2,1-2H3,(H,29,33). The number of nitrogens with two attached hydrogens (primary N) is 1. The van der Waals surface area contributed by atoms with E-state index < -0.39 is 0 Å². The Morgan fingerprint density at radius 3 is 2.31 bits per heavy atom. The molecule has 35 heavy (non-hydrogen) atoms. The second kappa shape index (κ2) is 9.34. The minimum absolute atomic E-state index is 0.273. The summed E-state index contributed by atoms with van der Waals surface area (Å²) in [5, 5.41) is 2.99. The van der Waals surface area contributed by atoms with E-state index in [2.05, 4.69) is 5.32 Å². The normalized spacial score (nSPS) is 11.0. The Morgan fingerprint density at radius 2 is 1.60 bits per heavy atom. The van der Waals surface area contributed by atoms with Gasteiger partial charge in [0.15, 0.2) is 5.65 Å². The number of carbonyl (C=O) groups excluding carboxylic acids is 1. The molecule has 5 rings (SSSR count). The molecule has 0 aliphatic carbocycles. The zero-order chi connectivity index (χ0) is 24.4. The van der Waals surface area contributed by atoms with Crippen molar-refractivity contribution in [2.45, 2.75) is 6.42 Å². The van der Waals surface area contributed by atoms with Crippen LogP contribution in [0.25, 0.3) is 27.9 Å². The zero-order valence-corrected chi connectivity index (χ0v) is 19.5. The first-order valence-electron chi connectivity index (χ1n) is 11.2. The summed E-state index contributed by atoms with van der Waals surface area (Å²) in [7, 11) is 3.24. The third kappa shape index (κ3) is 4.10. The highest BCUT2D eigenvalue weighted by Gasteiger charge is 2.24. The summed E-state index contributed by atoms with van der Waals surface area (Å²) in [5.74, 6) is 1.47. The number of ether oxygens (including phenoxy) is 2. The lowest BCUT2D eigenvalue weighted by Gasteiger charge is -2.10. The van der Waals surface area contributed by atoms with Crippen molar-refractivity contribution in [3.8, 4) is 17.2 Å². The van der Waals surface area contributed by atoms with E-state index in [1.165, 1.54) is 0 Å². The van der Waals surface area contributed by atoms with E-state index in [1.54, 1.807) is 18.8 Å². The molecule has 5 aromatic rings. The van der Waals surface area contributed by atoms with Crippen molar-refractivity contribution in [1.82, 2.24) is 19.9 Å². The molecule has 0 bridgehead atoms. The molecular formula is C27H25N5O3. The fourth-order valence-electron chi connectivity index (χ4n) is 4.19. The zero-order valence-electron chi connectivity index (χ0n) is 19.5. The van der Waals surface area contributed by atoms with Crippen molar-refractivity contribution in [1.29, 1.82) is 0 Å². The van der Waals surface area contributed by atoms with Gasteiger partial charge >= 0.3 is 0 Å². The van der Waals surface area contributed by atoms with Crippen LogP contribution in [0.15, 0.2) is 72.8 Å². The van der Waals surface area contributed by atoms with E-state index in [0.717, 1.165) is 28.3 Å². The molecule has 0 fully saturated rings. The summed E-state index contributed by atoms with van der Waals surface area (Å²) in [5.41, 5.74) is 11.0. The third-order valence-electron chi connectivity index (χ3n) is 5.93. The molecule has 0 atom stereocenters. The topological polar surface area (TPSA) is 104 Å². The van der Waals surface area contributed by atoms with Crippen LogP contribution in [0.1, 0.15) is 15.9 Å². The Kier molecular flexibility index (Phi) is 5.93. The molecule has 0 unspecified atom stereocenters. The Balaban J connectivity index is 1.55. The fourth-order valence-corrected chi connectivity index (χ4v) is 4.19. The van der Waals surface area contributed by atoms with Gasteiger partial charge in [0.05, 0.1) is 25.3 Å².